The van der Waals surface area contributed by atoms with Gasteiger partial charge < -0.3 is 19.3 Å². The Morgan fingerprint density at radius 2 is 2.00 bits per heavy atom. The van der Waals surface area contributed by atoms with Gasteiger partial charge in [0.15, 0.2) is 8.38 Å². The molecule has 1 aromatic carbocycles. The van der Waals surface area contributed by atoms with Crippen LogP contribution < -0.4 is 0 Å². The third kappa shape index (κ3) is 3.33. The van der Waals surface area contributed by atoms with Crippen LogP contribution >= 0.6 is 8.38 Å². The molecule has 0 aromatic heterocycles. The zero-order valence-electron chi connectivity index (χ0n) is 11.1. The first-order valence-corrected chi connectivity index (χ1v) is 7.42. The summed E-state index contributed by atoms with van der Waals surface area (Å²) in [6.07, 6.45) is -1.31. The molecule has 1 heterocycles. The van der Waals surface area contributed by atoms with Gasteiger partial charge in [-0.15, -0.1) is 0 Å². The van der Waals surface area contributed by atoms with E-state index in [0.717, 1.165) is 5.56 Å². The lowest BCUT2D eigenvalue weighted by atomic mass is 9.82. The highest BCUT2D eigenvalue weighted by Gasteiger charge is 2.36. The fourth-order valence-corrected chi connectivity index (χ4v) is 2.73. The van der Waals surface area contributed by atoms with Crippen molar-refractivity contribution in [1.29, 1.82) is 0 Å². The molecule has 1 aliphatic heterocycles. The van der Waals surface area contributed by atoms with Gasteiger partial charge in [0.1, 0.15) is 15.7 Å². The van der Waals surface area contributed by atoms with Gasteiger partial charge in [-0.2, -0.15) is 0 Å². The Bertz CT molecular complexity index is 483. The average Bonchev–Trinajstić information content (AvgIpc) is 2.87. The zero-order chi connectivity index (χ0) is 14.7. The minimum absolute atomic E-state index is 0.0280. The van der Waals surface area contributed by atoms with Gasteiger partial charge in [0.25, 0.3) is 0 Å². The standard InChI is InChI=1S/C13H15B2O4P/c1-18-20(17)13(15)11(14)12-9(16)7-10(19-12)8-5-3-2-4-6-8/h2-6,9-10,12,16-17H,7H2,1H3/b13-11-/t9-,10?,12?,20?/m0/s1. The van der Waals surface area contributed by atoms with E-state index < -0.39 is 20.6 Å². The van der Waals surface area contributed by atoms with Crippen molar-refractivity contribution in [2.24, 2.45) is 0 Å². The van der Waals surface area contributed by atoms with E-state index in [9.17, 15) is 10.00 Å². The Balaban J connectivity index is 2.15. The number of aliphatic hydroxyl groups is 1. The van der Waals surface area contributed by atoms with Gasteiger partial charge >= 0.3 is 0 Å². The van der Waals surface area contributed by atoms with Crippen LogP contribution in [0.15, 0.2) is 41.0 Å². The molecule has 0 aliphatic carbocycles. The van der Waals surface area contributed by atoms with Gasteiger partial charge in [0.05, 0.1) is 18.3 Å². The number of rotatable bonds is 4. The minimum Gasteiger partial charge on any atom is -0.390 e. The molecule has 2 N–H and O–H groups in total. The Morgan fingerprint density at radius 3 is 2.60 bits per heavy atom. The molecule has 3 unspecified atom stereocenters. The topological polar surface area (TPSA) is 58.9 Å². The molecule has 20 heavy (non-hydrogen) atoms. The van der Waals surface area contributed by atoms with Crippen LogP contribution in [0.2, 0.25) is 0 Å². The fourth-order valence-electron chi connectivity index (χ4n) is 2.18. The predicted molar refractivity (Wildman–Crippen MR) is 79.4 cm³/mol. The summed E-state index contributed by atoms with van der Waals surface area (Å²) in [7, 11) is 11.0. The van der Waals surface area contributed by atoms with E-state index in [0.29, 0.717) is 6.42 Å². The molecule has 7 heteroatoms. The summed E-state index contributed by atoms with van der Waals surface area (Å²) in [4.78, 5) is 9.57. The Morgan fingerprint density at radius 1 is 1.35 bits per heavy atom. The average molecular weight is 288 g/mol. The van der Waals surface area contributed by atoms with Crippen molar-refractivity contribution in [3.63, 3.8) is 0 Å². The first kappa shape index (κ1) is 15.7. The molecule has 0 amide bonds. The molecule has 0 bridgehead atoms. The maximum absolute atomic E-state index is 10.1. The molecule has 1 fully saturated rings. The second kappa shape index (κ2) is 6.88. The van der Waals surface area contributed by atoms with Crippen molar-refractivity contribution in [2.45, 2.75) is 24.7 Å². The van der Waals surface area contributed by atoms with Crippen LogP contribution in [0, 0.1) is 0 Å². The van der Waals surface area contributed by atoms with Gasteiger partial charge in [0, 0.05) is 13.5 Å². The molecule has 0 spiro atoms. The van der Waals surface area contributed by atoms with E-state index in [4.69, 9.17) is 25.0 Å². The highest BCUT2D eigenvalue weighted by Crippen LogP contribution is 2.43. The number of ether oxygens (including phenoxy) is 1. The quantitative estimate of drug-likeness (QED) is 0.648. The minimum atomic E-state index is -1.94. The molecule has 102 valence electrons. The van der Waals surface area contributed by atoms with Gasteiger partial charge in [0.2, 0.25) is 0 Å². The first-order valence-electron chi connectivity index (χ1n) is 6.21. The zero-order valence-corrected chi connectivity index (χ0v) is 12.0. The van der Waals surface area contributed by atoms with Gasteiger partial charge in [-0.05, 0) is 5.56 Å². The van der Waals surface area contributed by atoms with Crippen LogP contribution in [-0.4, -0.2) is 45.0 Å². The number of benzene rings is 1. The maximum atomic E-state index is 10.1. The van der Waals surface area contributed by atoms with E-state index in [1.54, 1.807) is 0 Å². The van der Waals surface area contributed by atoms with Crippen molar-refractivity contribution < 1.29 is 19.3 Å². The van der Waals surface area contributed by atoms with Gasteiger partial charge in [-0.3, -0.25) is 0 Å². The highest BCUT2D eigenvalue weighted by atomic mass is 31.2. The van der Waals surface area contributed by atoms with Crippen LogP contribution in [0.5, 0.6) is 0 Å². The summed E-state index contributed by atoms with van der Waals surface area (Å²) in [6.45, 7) is 0. The Labute approximate surface area is 122 Å². The van der Waals surface area contributed by atoms with Gasteiger partial charge in [-0.1, -0.05) is 41.0 Å². The van der Waals surface area contributed by atoms with E-state index >= 15 is 0 Å². The van der Waals surface area contributed by atoms with Crippen LogP contribution in [0.3, 0.4) is 0 Å². The Hall–Kier alpha value is -0.640. The summed E-state index contributed by atoms with van der Waals surface area (Å²) < 4.78 is 10.5. The first-order chi connectivity index (χ1) is 9.54. The molecule has 2 rings (SSSR count). The van der Waals surface area contributed by atoms with Crippen molar-refractivity contribution >= 4 is 24.1 Å². The van der Waals surface area contributed by atoms with Crippen molar-refractivity contribution in [3.05, 3.63) is 46.6 Å². The number of hydrogen-bond donors (Lipinski definition) is 2. The number of aliphatic hydroxyl groups excluding tert-OH is 1. The molecule has 1 aromatic rings. The molecule has 1 aliphatic rings. The molecular weight excluding hydrogens is 273 g/mol. The summed E-state index contributed by atoms with van der Waals surface area (Å²) >= 11 is 0. The lowest BCUT2D eigenvalue weighted by Crippen LogP contribution is -2.24. The normalized spacial score (nSPS) is 29.1. The summed E-state index contributed by atoms with van der Waals surface area (Å²) in [5, 5.41) is 10.1. The molecule has 4 radical (unpaired) electrons. The number of hydrogen-bond acceptors (Lipinski definition) is 4. The lowest BCUT2D eigenvalue weighted by molar-refractivity contribution is 0.0366. The Kier molecular flexibility index (Phi) is 5.42. The second-order valence-electron chi connectivity index (χ2n) is 4.56. The second-order valence-corrected chi connectivity index (χ2v) is 5.95. The van der Waals surface area contributed by atoms with Crippen molar-refractivity contribution in [2.75, 3.05) is 7.11 Å². The summed E-state index contributed by atoms with van der Waals surface area (Å²) in [5.41, 5.74) is 1.10. The molecule has 4 atom stereocenters. The van der Waals surface area contributed by atoms with Crippen LogP contribution in [-0.2, 0) is 9.26 Å². The monoisotopic (exact) mass is 288 g/mol. The highest BCUT2D eigenvalue weighted by molar-refractivity contribution is 7.53. The van der Waals surface area contributed by atoms with Gasteiger partial charge in [-0.25, -0.2) is 0 Å². The van der Waals surface area contributed by atoms with Crippen molar-refractivity contribution in [3.8, 4) is 0 Å². The molecule has 0 saturated carbocycles. The van der Waals surface area contributed by atoms with E-state index in [-0.39, 0.29) is 16.8 Å². The fraction of sp³-hybridized carbons (Fsp3) is 0.385. The van der Waals surface area contributed by atoms with Crippen LogP contribution in [0.4, 0.5) is 0 Å². The van der Waals surface area contributed by atoms with Crippen LogP contribution in [0.1, 0.15) is 18.1 Å². The molecular formula is C13H15B2O4P. The lowest BCUT2D eigenvalue weighted by Gasteiger charge is -2.21. The summed E-state index contributed by atoms with van der Waals surface area (Å²) in [6, 6.07) is 9.58. The van der Waals surface area contributed by atoms with Crippen molar-refractivity contribution in [1.82, 2.24) is 0 Å². The van der Waals surface area contributed by atoms with E-state index in [1.165, 1.54) is 7.11 Å². The largest absolute Gasteiger partial charge is 0.390 e. The predicted octanol–water partition coefficient (Wildman–Crippen LogP) is 1.33. The van der Waals surface area contributed by atoms with Crippen LogP contribution in [0.25, 0.3) is 0 Å². The van der Waals surface area contributed by atoms with E-state index in [2.05, 4.69) is 0 Å². The summed E-state index contributed by atoms with van der Waals surface area (Å²) in [5.74, 6) is 0. The van der Waals surface area contributed by atoms with E-state index in [1.807, 2.05) is 30.3 Å². The smallest absolute Gasteiger partial charge is 0.185 e. The molecule has 4 nitrogen and oxygen atoms in total. The molecule has 1 saturated heterocycles. The third-order valence-electron chi connectivity index (χ3n) is 3.27. The SMILES string of the molecule is [B]/C(=C(/[B])P(O)OC)C1OC(c2ccccc2)C[C@@H]1O. The maximum Gasteiger partial charge on any atom is 0.185 e. The third-order valence-corrected chi connectivity index (χ3v) is 4.28.